The summed E-state index contributed by atoms with van der Waals surface area (Å²) in [5.74, 6) is 1.65. The van der Waals surface area contributed by atoms with E-state index in [1.165, 1.54) is 0 Å². The number of furan rings is 1. The minimum atomic E-state index is -0.685. The Balaban J connectivity index is 1.55. The van der Waals surface area contributed by atoms with Crippen LogP contribution in [0.3, 0.4) is 0 Å². The average Bonchev–Trinajstić information content (AvgIpc) is 3.22. The fourth-order valence-corrected chi connectivity index (χ4v) is 2.67. The molecule has 2 aromatic heterocycles. The summed E-state index contributed by atoms with van der Waals surface area (Å²) in [4.78, 5) is 12.1. The smallest absolute Gasteiger partial charge is 0.273 e. The lowest BCUT2D eigenvalue weighted by atomic mass is 10.1. The highest BCUT2D eigenvalue weighted by atomic mass is 16.5. The second-order valence-electron chi connectivity index (χ2n) is 5.87. The number of hydrogen-bond donors (Lipinski definition) is 2. The monoisotopic (exact) mass is 340 g/mol. The van der Waals surface area contributed by atoms with Crippen molar-refractivity contribution in [2.45, 2.75) is 26.4 Å². The second-order valence-corrected chi connectivity index (χ2v) is 5.87. The van der Waals surface area contributed by atoms with E-state index >= 15 is 0 Å². The Kier molecular flexibility index (Phi) is 5.00. The molecule has 6 heteroatoms. The lowest BCUT2D eigenvalue weighted by Crippen LogP contribution is -2.25. The predicted molar refractivity (Wildman–Crippen MR) is 92.0 cm³/mol. The van der Waals surface area contributed by atoms with Gasteiger partial charge in [0.2, 0.25) is 0 Å². The molecule has 2 heterocycles. The Bertz CT molecular complexity index is 851. The zero-order valence-electron chi connectivity index (χ0n) is 14.2. The van der Waals surface area contributed by atoms with Crippen molar-refractivity contribution in [1.82, 2.24) is 10.5 Å². The fraction of sp³-hybridized carbons (Fsp3) is 0.263. The van der Waals surface area contributed by atoms with Crippen molar-refractivity contribution >= 4 is 5.91 Å². The third-order valence-corrected chi connectivity index (χ3v) is 3.94. The first kappa shape index (κ1) is 17.0. The highest BCUT2D eigenvalue weighted by Crippen LogP contribution is 2.23. The van der Waals surface area contributed by atoms with Crippen molar-refractivity contribution in [3.05, 3.63) is 65.2 Å². The average molecular weight is 340 g/mol. The summed E-state index contributed by atoms with van der Waals surface area (Å²) in [6, 6.07) is 12.9. The molecule has 0 saturated carbocycles. The van der Waals surface area contributed by atoms with E-state index < -0.39 is 6.10 Å². The van der Waals surface area contributed by atoms with E-state index in [1.807, 2.05) is 50.2 Å². The first-order valence-electron chi connectivity index (χ1n) is 8.10. The van der Waals surface area contributed by atoms with Crippen LogP contribution in [0.2, 0.25) is 0 Å². The molecule has 130 valence electrons. The van der Waals surface area contributed by atoms with Gasteiger partial charge in [-0.1, -0.05) is 35.5 Å². The topological polar surface area (TPSA) is 88.5 Å². The highest BCUT2D eigenvalue weighted by Gasteiger charge is 2.16. The van der Waals surface area contributed by atoms with Gasteiger partial charge in [0.25, 0.3) is 5.91 Å². The molecule has 0 radical (unpaired) electrons. The number of carbonyl (C=O) groups is 1. The van der Waals surface area contributed by atoms with E-state index in [1.54, 1.807) is 6.07 Å². The molecule has 25 heavy (non-hydrogen) atoms. The quantitative estimate of drug-likeness (QED) is 0.718. The van der Waals surface area contributed by atoms with Gasteiger partial charge >= 0.3 is 0 Å². The van der Waals surface area contributed by atoms with Crippen LogP contribution in [0.4, 0.5) is 0 Å². The molecule has 0 aliphatic carbocycles. The summed E-state index contributed by atoms with van der Waals surface area (Å²) < 4.78 is 10.6. The van der Waals surface area contributed by atoms with Gasteiger partial charge in [0.1, 0.15) is 11.5 Å². The molecule has 1 amide bonds. The molecule has 0 fully saturated rings. The maximum atomic E-state index is 12.1. The van der Waals surface area contributed by atoms with E-state index in [-0.39, 0.29) is 11.6 Å². The van der Waals surface area contributed by atoms with Crippen LogP contribution in [0.25, 0.3) is 11.3 Å². The number of nitrogens with zero attached hydrogens (tertiary/aromatic N) is 1. The SMILES string of the molecule is Cc1cc([C@H](O)CCNC(=O)c2cc(-c3ccccc3)on2)c(C)o1. The zero-order valence-corrected chi connectivity index (χ0v) is 14.2. The molecular weight excluding hydrogens is 320 g/mol. The maximum Gasteiger partial charge on any atom is 0.273 e. The van der Waals surface area contributed by atoms with Gasteiger partial charge in [0.15, 0.2) is 11.5 Å². The van der Waals surface area contributed by atoms with E-state index in [0.29, 0.717) is 24.5 Å². The van der Waals surface area contributed by atoms with Crippen molar-refractivity contribution in [2.75, 3.05) is 6.54 Å². The van der Waals surface area contributed by atoms with Crippen LogP contribution in [0.15, 0.2) is 51.4 Å². The summed E-state index contributed by atoms with van der Waals surface area (Å²) in [5, 5.41) is 16.7. The van der Waals surface area contributed by atoms with Crippen molar-refractivity contribution in [1.29, 1.82) is 0 Å². The molecule has 0 aliphatic heterocycles. The van der Waals surface area contributed by atoms with Gasteiger partial charge in [-0.05, 0) is 26.3 Å². The summed E-state index contributed by atoms with van der Waals surface area (Å²) >= 11 is 0. The first-order valence-corrected chi connectivity index (χ1v) is 8.10. The highest BCUT2D eigenvalue weighted by molar-refractivity contribution is 5.93. The molecule has 0 unspecified atom stereocenters. The van der Waals surface area contributed by atoms with Crippen molar-refractivity contribution in [3.8, 4) is 11.3 Å². The molecule has 0 aliphatic rings. The van der Waals surface area contributed by atoms with Crippen LogP contribution < -0.4 is 5.32 Å². The van der Waals surface area contributed by atoms with Crippen LogP contribution in [0.1, 0.15) is 40.1 Å². The molecule has 6 nitrogen and oxygen atoms in total. The Labute approximate surface area is 145 Å². The number of aliphatic hydroxyl groups excluding tert-OH is 1. The van der Waals surface area contributed by atoms with Crippen LogP contribution in [0.5, 0.6) is 0 Å². The normalized spacial score (nSPS) is 12.1. The summed E-state index contributed by atoms with van der Waals surface area (Å²) in [6.07, 6.45) is -0.301. The van der Waals surface area contributed by atoms with E-state index in [4.69, 9.17) is 8.94 Å². The lowest BCUT2D eigenvalue weighted by Gasteiger charge is -2.09. The van der Waals surface area contributed by atoms with Crippen LogP contribution in [-0.2, 0) is 0 Å². The fourth-order valence-electron chi connectivity index (χ4n) is 2.67. The number of amides is 1. The molecule has 1 atom stereocenters. The molecule has 0 saturated heterocycles. The predicted octanol–water partition coefficient (Wildman–Crippen LogP) is 3.40. The number of rotatable bonds is 6. The number of hydrogen-bond acceptors (Lipinski definition) is 5. The Hall–Kier alpha value is -2.86. The number of nitrogens with one attached hydrogen (secondary N) is 1. The second kappa shape index (κ2) is 7.36. The summed E-state index contributed by atoms with van der Waals surface area (Å²) in [5.41, 5.74) is 1.82. The van der Waals surface area contributed by atoms with Gasteiger partial charge in [0, 0.05) is 23.7 Å². The molecular formula is C19H20N2O4. The van der Waals surface area contributed by atoms with Gasteiger partial charge in [-0.15, -0.1) is 0 Å². The van der Waals surface area contributed by atoms with Crippen LogP contribution >= 0.6 is 0 Å². The Morgan fingerprint density at radius 3 is 2.68 bits per heavy atom. The number of carbonyl (C=O) groups excluding carboxylic acids is 1. The Morgan fingerprint density at radius 1 is 1.24 bits per heavy atom. The largest absolute Gasteiger partial charge is 0.466 e. The third-order valence-electron chi connectivity index (χ3n) is 3.94. The van der Waals surface area contributed by atoms with Gasteiger partial charge in [-0.3, -0.25) is 4.79 Å². The number of aromatic nitrogens is 1. The maximum absolute atomic E-state index is 12.1. The lowest BCUT2D eigenvalue weighted by molar-refractivity contribution is 0.0933. The minimum Gasteiger partial charge on any atom is -0.466 e. The zero-order chi connectivity index (χ0) is 17.8. The van der Waals surface area contributed by atoms with Crippen molar-refractivity contribution < 1.29 is 18.8 Å². The molecule has 2 N–H and O–H groups in total. The standard InChI is InChI=1S/C19H20N2O4/c1-12-10-15(13(2)24-12)17(22)8-9-20-19(23)16-11-18(25-21-16)14-6-4-3-5-7-14/h3-7,10-11,17,22H,8-9H2,1-2H3,(H,20,23)/t17-/m1/s1. The van der Waals surface area contributed by atoms with Crippen LogP contribution in [-0.4, -0.2) is 22.7 Å². The Morgan fingerprint density at radius 2 is 2.00 bits per heavy atom. The molecule has 1 aromatic carbocycles. The first-order chi connectivity index (χ1) is 12.0. The summed E-state index contributed by atoms with van der Waals surface area (Å²) in [6.45, 7) is 3.96. The molecule has 0 spiro atoms. The number of aryl methyl sites for hydroxylation is 2. The van der Waals surface area contributed by atoms with E-state index in [9.17, 15) is 9.90 Å². The number of aliphatic hydroxyl groups is 1. The van der Waals surface area contributed by atoms with Gasteiger partial charge in [-0.25, -0.2) is 0 Å². The van der Waals surface area contributed by atoms with Crippen LogP contribution in [0, 0.1) is 13.8 Å². The van der Waals surface area contributed by atoms with E-state index in [2.05, 4.69) is 10.5 Å². The van der Waals surface area contributed by atoms with Crippen molar-refractivity contribution in [3.63, 3.8) is 0 Å². The van der Waals surface area contributed by atoms with E-state index in [0.717, 1.165) is 16.9 Å². The molecule has 3 aromatic rings. The molecule has 0 bridgehead atoms. The minimum absolute atomic E-state index is 0.212. The van der Waals surface area contributed by atoms with Gasteiger partial charge < -0.3 is 19.4 Å². The third kappa shape index (κ3) is 3.97. The van der Waals surface area contributed by atoms with Gasteiger partial charge in [0.05, 0.1) is 6.10 Å². The number of benzene rings is 1. The summed E-state index contributed by atoms with van der Waals surface area (Å²) in [7, 11) is 0. The van der Waals surface area contributed by atoms with Gasteiger partial charge in [-0.2, -0.15) is 0 Å². The molecule has 3 rings (SSSR count). The van der Waals surface area contributed by atoms with Crippen molar-refractivity contribution in [2.24, 2.45) is 0 Å².